The minimum absolute atomic E-state index is 0.163. The number of ether oxygens (including phenoxy) is 2. The predicted molar refractivity (Wildman–Crippen MR) is 77.4 cm³/mol. The van der Waals surface area contributed by atoms with Crippen molar-refractivity contribution in [3.8, 4) is 5.75 Å². The van der Waals surface area contributed by atoms with Crippen molar-refractivity contribution >= 4 is 9.84 Å². The lowest BCUT2D eigenvalue weighted by Gasteiger charge is -2.37. The molecule has 0 aromatic heterocycles. The lowest BCUT2D eigenvalue weighted by atomic mass is 9.90. The molecule has 1 aromatic rings. The molecule has 1 aliphatic heterocycles. The standard InChI is InChI=1S/C15H17F3O5S/c1-14(6-22-7-14)8-23-11-4-5-12(24(20,21)15(16,17)18)13-9(11)2-3-10(13)19/h4-5,10,19H,2-3,6-8H2,1H3. The number of rotatable bonds is 4. The third kappa shape index (κ3) is 2.78. The Morgan fingerprint density at radius 2 is 2.04 bits per heavy atom. The molecule has 24 heavy (non-hydrogen) atoms. The molecule has 1 N–H and O–H groups in total. The van der Waals surface area contributed by atoms with Gasteiger partial charge in [-0.1, -0.05) is 6.92 Å². The highest BCUT2D eigenvalue weighted by Gasteiger charge is 2.49. The van der Waals surface area contributed by atoms with E-state index in [2.05, 4.69) is 0 Å². The Labute approximate surface area is 137 Å². The zero-order valence-corrected chi connectivity index (χ0v) is 13.7. The van der Waals surface area contributed by atoms with E-state index in [-0.39, 0.29) is 23.8 Å². The molecule has 1 saturated heterocycles. The van der Waals surface area contributed by atoms with Crippen LogP contribution in [0.4, 0.5) is 13.2 Å². The summed E-state index contributed by atoms with van der Waals surface area (Å²) in [5.74, 6) is 0.316. The van der Waals surface area contributed by atoms with Crippen LogP contribution >= 0.6 is 0 Å². The van der Waals surface area contributed by atoms with E-state index in [1.165, 1.54) is 6.07 Å². The van der Waals surface area contributed by atoms with Gasteiger partial charge < -0.3 is 14.6 Å². The molecule has 1 fully saturated rings. The fourth-order valence-electron chi connectivity index (χ4n) is 2.95. The number of hydrogen-bond donors (Lipinski definition) is 1. The first-order chi connectivity index (χ1) is 11.1. The summed E-state index contributed by atoms with van der Waals surface area (Å²) in [6, 6.07) is 2.10. The Morgan fingerprint density at radius 3 is 2.58 bits per heavy atom. The first-order valence-corrected chi connectivity index (χ1v) is 8.89. The van der Waals surface area contributed by atoms with Gasteiger partial charge in [-0.05, 0) is 25.0 Å². The maximum Gasteiger partial charge on any atom is 0.501 e. The van der Waals surface area contributed by atoms with Crippen LogP contribution in [0.1, 0.15) is 30.6 Å². The van der Waals surface area contributed by atoms with Crippen LogP contribution < -0.4 is 4.74 Å². The fraction of sp³-hybridized carbons (Fsp3) is 0.600. The lowest BCUT2D eigenvalue weighted by molar-refractivity contribution is -0.120. The molecule has 1 aliphatic carbocycles. The fourth-order valence-corrected chi connectivity index (χ4v) is 4.00. The number of sulfone groups is 1. The van der Waals surface area contributed by atoms with Gasteiger partial charge in [0.2, 0.25) is 0 Å². The number of aliphatic hydroxyl groups excluding tert-OH is 1. The number of hydrogen-bond acceptors (Lipinski definition) is 5. The molecular weight excluding hydrogens is 349 g/mol. The maximum absolute atomic E-state index is 12.9. The molecule has 0 amide bonds. The van der Waals surface area contributed by atoms with E-state index in [1.807, 2.05) is 6.92 Å². The lowest BCUT2D eigenvalue weighted by Crippen LogP contribution is -2.44. The van der Waals surface area contributed by atoms with E-state index in [0.717, 1.165) is 6.07 Å². The van der Waals surface area contributed by atoms with Gasteiger partial charge in [0.1, 0.15) is 5.75 Å². The molecule has 1 heterocycles. The molecule has 3 rings (SSSR count). The summed E-state index contributed by atoms with van der Waals surface area (Å²) in [5, 5.41) is 9.99. The summed E-state index contributed by atoms with van der Waals surface area (Å²) < 4.78 is 72.9. The molecule has 1 aromatic carbocycles. The Hall–Kier alpha value is -1.32. The van der Waals surface area contributed by atoms with Crippen molar-refractivity contribution in [2.75, 3.05) is 19.8 Å². The van der Waals surface area contributed by atoms with Crippen LogP contribution in [0, 0.1) is 5.41 Å². The van der Waals surface area contributed by atoms with E-state index in [1.54, 1.807) is 0 Å². The van der Waals surface area contributed by atoms with Crippen LogP contribution in [-0.2, 0) is 21.0 Å². The van der Waals surface area contributed by atoms with Crippen molar-refractivity contribution in [3.05, 3.63) is 23.3 Å². The van der Waals surface area contributed by atoms with Gasteiger partial charge in [-0.15, -0.1) is 0 Å². The second-order valence-corrected chi connectivity index (χ2v) is 8.46. The highest BCUT2D eigenvalue weighted by Crippen LogP contribution is 2.44. The topological polar surface area (TPSA) is 72.8 Å². The zero-order valence-electron chi connectivity index (χ0n) is 12.9. The van der Waals surface area contributed by atoms with E-state index in [0.29, 0.717) is 31.1 Å². The second-order valence-electron chi connectivity index (χ2n) is 6.55. The van der Waals surface area contributed by atoms with E-state index >= 15 is 0 Å². The number of aliphatic hydroxyl groups is 1. The number of fused-ring (bicyclic) bond motifs is 1. The van der Waals surface area contributed by atoms with Crippen LogP contribution in [0.15, 0.2) is 17.0 Å². The Morgan fingerprint density at radius 1 is 1.38 bits per heavy atom. The highest BCUT2D eigenvalue weighted by molar-refractivity contribution is 7.92. The van der Waals surface area contributed by atoms with Gasteiger partial charge in [0.05, 0.1) is 30.8 Å². The summed E-state index contributed by atoms with van der Waals surface area (Å²) in [6.07, 6.45) is -0.824. The first-order valence-electron chi connectivity index (χ1n) is 7.41. The van der Waals surface area contributed by atoms with Gasteiger partial charge in [-0.3, -0.25) is 0 Å². The summed E-state index contributed by atoms with van der Waals surface area (Å²) >= 11 is 0. The van der Waals surface area contributed by atoms with Crippen LogP contribution in [0.3, 0.4) is 0 Å². The highest BCUT2D eigenvalue weighted by atomic mass is 32.2. The second kappa shape index (κ2) is 5.60. The van der Waals surface area contributed by atoms with Gasteiger partial charge in [0.25, 0.3) is 9.84 Å². The van der Waals surface area contributed by atoms with Gasteiger partial charge in [-0.25, -0.2) is 8.42 Å². The van der Waals surface area contributed by atoms with Crippen molar-refractivity contribution in [3.63, 3.8) is 0 Å². The normalized spacial score (nSPS) is 22.8. The molecular formula is C15H17F3O5S. The number of halogens is 3. The number of benzene rings is 1. The third-order valence-electron chi connectivity index (χ3n) is 4.35. The molecule has 0 spiro atoms. The molecule has 9 heteroatoms. The zero-order chi connectivity index (χ0) is 17.8. The van der Waals surface area contributed by atoms with E-state index in [9.17, 15) is 26.7 Å². The first kappa shape index (κ1) is 17.5. The summed E-state index contributed by atoms with van der Waals surface area (Å²) in [7, 11) is -5.52. The molecule has 0 bridgehead atoms. The summed E-state index contributed by atoms with van der Waals surface area (Å²) in [4.78, 5) is -0.888. The van der Waals surface area contributed by atoms with Crippen molar-refractivity contribution in [1.29, 1.82) is 0 Å². The van der Waals surface area contributed by atoms with Crippen molar-refractivity contribution in [1.82, 2.24) is 0 Å². The number of alkyl halides is 3. The molecule has 2 aliphatic rings. The van der Waals surface area contributed by atoms with Crippen LogP contribution in [-0.4, -0.2) is 38.9 Å². The third-order valence-corrected chi connectivity index (χ3v) is 5.89. The monoisotopic (exact) mass is 366 g/mol. The molecule has 1 atom stereocenters. The summed E-state index contributed by atoms with van der Waals surface area (Å²) in [5.41, 5.74) is -5.44. The molecule has 1 unspecified atom stereocenters. The minimum atomic E-state index is -5.52. The Balaban J connectivity index is 1.98. The van der Waals surface area contributed by atoms with Crippen molar-refractivity contribution in [2.24, 2.45) is 5.41 Å². The quantitative estimate of drug-likeness (QED) is 0.886. The van der Waals surface area contributed by atoms with Crippen molar-refractivity contribution < 1.29 is 36.2 Å². The van der Waals surface area contributed by atoms with Gasteiger partial charge in [-0.2, -0.15) is 13.2 Å². The van der Waals surface area contributed by atoms with Gasteiger partial charge in [0.15, 0.2) is 0 Å². The maximum atomic E-state index is 12.9. The van der Waals surface area contributed by atoms with Crippen LogP contribution in [0.2, 0.25) is 0 Å². The van der Waals surface area contributed by atoms with E-state index in [4.69, 9.17) is 9.47 Å². The largest absolute Gasteiger partial charge is 0.501 e. The predicted octanol–water partition coefficient (Wildman–Crippen LogP) is 2.38. The smallest absolute Gasteiger partial charge is 0.493 e. The SMILES string of the molecule is CC1(COc2ccc(S(=O)(=O)C(F)(F)F)c3c2CCC3O)COC1. The molecule has 0 saturated carbocycles. The summed E-state index contributed by atoms with van der Waals surface area (Å²) in [6.45, 7) is 3.31. The minimum Gasteiger partial charge on any atom is -0.493 e. The van der Waals surface area contributed by atoms with Crippen molar-refractivity contribution in [2.45, 2.75) is 36.3 Å². The Kier molecular flexibility index (Phi) is 4.09. The van der Waals surface area contributed by atoms with Gasteiger partial charge >= 0.3 is 5.51 Å². The van der Waals surface area contributed by atoms with Gasteiger partial charge in [0, 0.05) is 16.5 Å². The Bertz CT molecular complexity index is 753. The molecule has 134 valence electrons. The van der Waals surface area contributed by atoms with Crippen LogP contribution in [0.5, 0.6) is 5.75 Å². The average Bonchev–Trinajstić information content (AvgIpc) is 2.84. The van der Waals surface area contributed by atoms with Crippen LogP contribution in [0.25, 0.3) is 0 Å². The average molecular weight is 366 g/mol. The molecule has 0 radical (unpaired) electrons. The van der Waals surface area contributed by atoms with E-state index < -0.39 is 26.3 Å². The molecule has 5 nitrogen and oxygen atoms in total.